The molecule has 2 aromatic heterocycles. The average molecular weight is 897 g/mol. The zero-order valence-corrected chi connectivity index (χ0v) is 38.8. The SMILES string of the molecule is C=C/C=C\c1c(C)n(-c2cccc(-c3ccc(-c4ccc(N(c5cccc(-c6ccc7c(c6)oc6c(-c8ccccc8)cccc67)c5)c5ccccc5-c5ccccc5)cc4)cc3)c2)c2ccccc12. The predicted molar refractivity (Wildman–Crippen MR) is 296 cm³/mol. The van der Waals surface area contributed by atoms with Crippen LogP contribution in [0.4, 0.5) is 17.1 Å². The van der Waals surface area contributed by atoms with Crippen molar-refractivity contribution in [2.75, 3.05) is 4.90 Å². The van der Waals surface area contributed by atoms with Crippen LogP contribution in [-0.4, -0.2) is 4.57 Å². The van der Waals surface area contributed by atoms with Crippen LogP contribution >= 0.6 is 0 Å². The molecule has 0 saturated heterocycles. The molecule has 0 radical (unpaired) electrons. The summed E-state index contributed by atoms with van der Waals surface area (Å²) in [6, 6.07) is 87.0. The number of allylic oxidation sites excluding steroid dienone is 2. The molecule has 0 amide bonds. The van der Waals surface area contributed by atoms with Crippen molar-refractivity contribution < 1.29 is 4.42 Å². The molecule has 0 aliphatic carbocycles. The maximum absolute atomic E-state index is 6.69. The van der Waals surface area contributed by atoms with Crippen molar-refractivity contribution in [2.24, 2.45) is 0 Å². The van der Waals surface area contributed by atoms with E-state index in [2.05, 4.69) is 266 Å². The van der Waals surface area contributed by atoms with Gasteiger partial charge in [-0.15, -0.1) is 0 Å². The maximum atomic E-state index is 6.69. The molecule has 0 aliphatic heterocycles. The largest absolute Gasteiger partial charge is 0.455 e. The van der Waals surface area contributed by atoms with Crippen molar-refractivity contribution in [2.45, 2.75) is 6.92 Å². The molecule has 0 unspecified atom stereocenters. The fourth-order valence-electron chi connectivity index (χ4n) is 10.2. The molecule has 0 N–H and O–H groups in total. The second-order valence-corrected chi connectivity index (χ2v) is 17.8. The van der Waals surface area contributed by atoms with Crippen LogP contribution in [0.3, 0.4) is 0 Å². The number of aromatic nitrogens is 1. The zero-order chi connectivity index (χ0) is 47.0. The highest BCUT2D eigenvalue weighted by atomic mass is 16.3. The number of para-hydroxylation sites is 3. The third-order valence-electron chi connectivity index (χ3n) is 13.6. The first-order chi connectivity index (χ1) is 34.6. The predicted octanol–water partition coefficient (Wildman–Crippen LogP) is 18.8. The van der Waals surface area contributed by atoms with Crippen molar-refractivity contribution in [3.8, 4) is 61.3 Å². The molecule has 0 fully saturated rings. The fourth-order valence-corrected chi connectivity index (χ4v) is 10.2. The molecule has 3 heteroatoms. The quantitative estimate of drug-likeness (QED) is 0.121. The van der Waals surface area contributed by atoms with E-state index in [9.17, 15) is 0 Å². The van der Waals surface area contributed by atoms with Crippen LogP contribution in [0, 0.1) is 6.92 Å². The van der Waals surface area contributed by atoms with E-state index >= 15 is 0 Å². The van der Waals surface area contributed by atoms with Gasteiger partial charge in [-0.05, 0) is 112 Å². The van der Waals surface area contributed by atoms with E-state index in [0.29, 0.717) is 0 Å². The number of hydrogen-bond acceptors (Lipinski definition) is 2. The second-order valence-electron chi connectivity index (χ2n) is 17.8. The summed E-state index contributed by atoms with van der Waals surface area (Å²) in [6.45, 7) is 6.09. The van der Waals surface area contributed by atoms with Crippen molar-refractivity contribution >= 4 is 56.0 Å². The molecule has 0 bridgehead atoms. The summed E-state index contributed by atoms with van der Waals surface area (Å²) in [5.41, 5.74) is 21.1. The number of fused-ring (bicyclic) bond motifs is 4. The monoisotopic (exact) mass is 896 g/mol. The number of hydrogen-bond donors (Lipinski definition) is 0. The lowest BCUT2D eigenvalue weighted by Gasteiger charge is -2.28. The Morgan fingerprint density at radius 2 is 0.986 bits per heavy atom. The van der Waals surface area contributed by atoms with Crippen LogP contribution in [0.5, 0.6) is 0 Å². The van der Waals surface area contributed by atoms with Crippen LogP contribution in [-0.2, 0) is 0 Å². The highest BCUT2D eigenvalue weighted by Gasteiger charge is 2.20. The first-order valence-corrected chi connectivity index (χ1v) is 23.9. The minimum atomic E-state index is 0.872. The number of furan rings is 1. The topological polar surface area (TPSA) is 21.3 Å². The Labute approximate surface area is 408 Å². The summed E-state index contributed by atoms with van der Waals surface area (Å²) in [7, 11) is 0. The average Bonchev–Trinajstić information content (AvgIpc) is 3.95. The van der Waals surface area contributed by atoms with Gasteiger partial charge >= 0.3 is 0 Å². The van der Waals surface area contributed by atoms with Crippen LogP contribution in [0.1, 0.15) is 11.3 Å². The van der Waals surface area contributed by atoms with Gasteiger partial charge in [-0.1, -0.05) is 207 Å². The number of rotatable bonds is 11. The van der Waals surface area contributed by atoms with E-state index in [4.69, 9.17) is 4.42 Å². The van der Waals surface area contributed by atoms with Gasteiger partial charge < -0.3 is 13.9 Å². The van der Waals surface area contributed by atoms with E-state index in [1.807, 2.05) is 18.2 Å². The van der Waals surface area contributed by atoms with E-state index in [-0.39, 0.29) is 0 Å². The van der Waals surface area contributed by atoms with Crippen LogP contribution in [0.15, 0.2) is 266 Å². The van der Waals surface area contributed by atoms with Gasteiger partial charge in [-0.25, -0.2) is 0 Å². The van der Waals surface area contributed by atoms with E-state index < -0.39 is 0 Å². The van der Waals surface area contributed by atoms with Gasteiger partial charge in [0.2, 0.25) is 0 Å². The zero-order valence-electron chi connectivity index (χ0n) is 38.8. The van der Waals surface area contributed by atoms with Crippen LogP contribution in [0.2, 0.25) is 0 Å². The maximum Gasteiger partial charge on any atom is 0.143 e. The molecule has 0 aliphatic rings. The number of anilines is 3. The molecule has 12 aromatic rings. The van der Waals surface area contributed by atoms with Crippen molar-refractivity contribution in [1.82, 2.24) is 4.57 Å². The van der Waals surface area contributed by atoms with Gasteiger partial charge in [0.25, 0.3) is 0 Å². The molecule has 2 heterocycles. The summed E-state index contributed by atoms with van der Waals surface area (Å²) < 4.78 is 9.05. The second kappa shape index (κ2) is 18.1. The Hall–Kier alpha value is -9.18. The minimum absolute atomic E-state index is 0.872. The first-order valence-electron chi connectivity index (χ1n) is 23.9. The Morgan fingerprint density at radius 3 is 1.74 bits per heavy atom. The molecule has 0 saturated carbocycles. The van der Waals surface area contributed by atoms with Gasteiger partial charge in [0.05, 0.1) is 11.2 Å². The highest BCUT2D eigenvalue weighted by molar-refractivity contribution is 6.10. The molecule has 70 heavy (non-hydrogen) atoms. The molecule has 10 aromatic carbocycles. The Morgan fingerprint density at radius 1 is 0.429 bits per heavy atom. The van der Waals surface area contributed by atoms with Gasteiger partial charge in [0.15, 0.2) is 0 Å². The van der Waals surface area contributed by atoms with Crippen molar-refractivity contribution in [3.63, 3.8) is 0 Å². The summed E-state index contributed by atoms with van der Waals surface area (Å²) >= 11 is 0. The lowest BCUT2D eigenvalue weighted by atomic mass is 9.98. The van der Waals surface area contributed by atoms with Gasteiger partial charge in [-0.2, -0.15) is 0 Å². The molecule has 332 valence electrons. The lowest BCUT2D eigenvalue weighted by molar-refractivity contribution is 0.670. The number of benzene rings is 10. The van der Waals surface area contributed by atoms with E-state index in [0.717, 1.165) is 89.2 Å². The highest BCUT2D eigenvalue weighted by Crippen LogP contribution is 2.44. The van der Waals surface area contributed by atoms with Crippen molar-refractivity contribution in [3.05, 3.63) is 273 Å². The van der Waals surface area contributed by atoms with E-state index in [1.165, 1.54) is 33.3 Å². The lowest BCUT2D eigenvalue weighted by Crippen LogP contribution is -2.11. The smallest absolute Gasteiger partial charge is 0.143 e. The molecular weight excluding hydrogens is 849 g/mol. The molecule has 3 nitrogen and oxygen atoms in total. The van der Waals surface area contributed by atoms with Crippen molar-refractivity contribution in [1.29, 1.82) is 0 Å². The van der Waals surface area contributed by atoms with E-state index in [1.54, 1.807) is 0 Å². The molecular formula is C67H48N2O. The summed E-state index contributed by atoms with van der Waals surface area (Å²) in [5, 5.41) is 3.46. The third-order valence-corrected chi connectivity index (χ3v) is 13.6. The van der Waals surface area contributed by atoms with Gasteiger partial charge in [0.1, 0.15) is 11.2 Å². The standard InChI is InChI=1S/C67H48N2O/c1-3-4-26-58-46(2)68(65-32-14-12-28-61(58)65)56-24-15-22-52(43-56)49-35-33-47(34-36-49)48-37-40-55(41-38-48)69(64-31-13-11-27-59(64)50-18-7-5-8-19-50)57-25-16-23-53(44-57)54-39-42-62-63-30-17-29-60(51-20-9-6-10-21-51)67(63)70-66(62)45-54/h3-45H,1H2,2H3/b26-4-. The molecule has 0 atom stereocenters. The fraction of sp³-hybridized carbons (Fsp3) is 0.0149. The number of nitrogens with zero attached hydrogens (tertiary/aromatic N) is 2. The van der Waals surface area contributed by atoms with Crippen LogP contribution < -0.4 is 4.90 Å². The normalized spacial score (nSPS) is 11.5. The molecule has 12 rings (SSSR count). The summed E-state index contributed by atoms with van der Waals surface area (Å²) in [4.78, 5) is 2.38. The Balaban J connectivity index is 0.885. The summed E-state index contributed by atoms with van der Waals surface area (Å²) in [5.74, 6) is 0. The Kier molecular flexibility index (Phi) is 10.9. The molecule has 0 spiro atoms. The van der Waals surface area contributed by atoms with Gasteiger partial charge in [-0.3, -0.25) is 0 Å². The summed E-state index contributed by atoms with van der Waals surface area (Å²) in [6.07, 6.45) is 6.00. The Bertz CT molecular complexity index is 3890. The third kappa shape index (κ3) is 7.70. The first kappa shape index (κ1) is 42.2. The minimum Gasteiger partial charge on any atom is -0.455 e. The van der Waals surface area contributed by atoms with Gasteiger partial charge in [0, 0.05) is 55.6 Å². The van der Waals surface area contributed by atoms with Crippen LogP contribution in [0.25, 0.3) is 100 Å².